The van der Waals surface area contributed by atoms with Crippen molar-refractivity contribution < 1.29 is 46.8 Å². The Bertz CT molecular complexity index is 1770. The van der Waals surface area contributed by atoms with Crippen molar-refractivity contribution in [1.82, 2.24) is 0 Å². The summed E-state index contributed by atoms with van der Waals surface area (Å²) in [6, 6.07) is 0. The van der Waals surface area contributed by atoms with Crippen LogP contribution in [0.3, 0.4) is 0 Å². The van der Waals surface area contributed by atoms with Crippen LogP contribution < -0.4 is 0 Å². The minimum Gasteiger partial charge on any atom is -0.411 e. The SMILES string of the molecule is C=C1C[C@H](CCC2OCCCO2)O[C@H]1CC[C@H]1C[C@@H](C)C(=C)[C@@H](C[C@@H]2O[C@H](C[C@H](C)CC)[C@H](C)[C@H]2CC(=O)C[C@H]2CC[C@@H]3O[C@@H]([C@H](/C=C/I)O[Si](C)(C)C(C)(C)C)[C@@H](O[Si](C)(C)C(C)(C)C)[C@@H](C)[C@H]3O2)O1. The lowest BCUT2D eigenvalue weighted by molar-refractivity contribution is -0.251. The normalized spacial score (nSPS) is 36.9. The van der Waals surface area contributed by atoms with Crippen LogP contribution >= 0.6 is 22.6 Å². The van der Waals surface area contributed by atoms with E-state index in [-0.39, 0.29) is 113 Å². The standard InChI is InChI=1S/C58H101IO10Si2/c1-18-36(2)30-50-40(6)46(52(66-50)35-51-39(5)37(3)31-43(64-51)20-23-47-38(4)32-44(63-47)22-25-53-61-28-19-29-62-53)34-42(60)33-45-21-24-48-54(65-45)41(7)55(69-71(16,17)58(11,12)13)56(67-48)49(26-27-59)68-70(14,15)57(8,9)10/h26-27,36-37,40-41,43-56H,4-5,18-25,28-35H2,1-3,6-17H3/b27-26+/t36-,37-,40-,41+,43+,44+,45-,46-,47+,48+,49+,50-,51-,52+,54-,55+,56+/m1/s1. The van der Waals surface area contributed by atoms with Crippen molar-refractivity contribution in [3.05, 3.63) is 34.5 Å². The average molecular weight is 1140 g/mol. The summed E-state index contributed by atoms with van der Waals surface area (Å²) >= 11 is 2.32. The maximum atomic E-state index is 14.5. The van der Waals surface area contributed by atoms with E-state index in [1.54, 1.807) is 0 Å². The van der Waals surface area contributed by atoms with Gasteiger partial charge in [0.2, 0.25) is 0 Å². The Kier molecular flexibility index (Phi) is 21.5. The van der Waals surface area contributed by atoms with Crippen LogP contribution in [0, 0.1) is 29.6 Å². The van der Waals surface area contributed by atoms with E-state index in [9.17, 15) is 4.79 Å². The number of ketones is 1. The van der Waals surface area contributed by atoms with E-state index >= 15 is 0 Å². The second-order valence-corrected chi connectivity index (χ2v) is 36.4. The van der Waals surface area contributed by atoms with E-state index in [0.29, 0.717) is 24.7 Å². The first-order valence-electron chi connectivity index (χ1n) is 28.2. The molecular formula is C58H101IO10Si2. The van der Waals surface area contributed by atoms with Crippen LogP contribution in [0.2, 0.25) is 36.3 Å². The summed E-state index contributed by atoms with van der Waals surface area (Å²) < 4.78 is 63.1. The molecule has 6 saturated heterocycles. The van der Waals surface area contributed by atoms with Gasteiger partial charge in [-0.05, 0) is 139 Å². The quantitative estimate of drug-likeness (QED) is 0.0627. The zero-order valence-corrected chi connectivity index (χ0v) is 51.4. The van der Waals surface area contributed by atoms with Gasteiger partial charge in [-0.15, -0.1) is 0 Å². The summed E-state index contributed by atoms with van der Waals surface area (Å²) in [6.45, 7) is 45.2. The van der Waals surface area contributed by atoms with Crippen LogP contribution in [-0.2, 0) is 46.8 Å². The summed E-state index contributed by atoms with van der Waals surface area (Å²) in [5.41, 5.74) is 2.34. The molecule has 6 aliphatic heterocycles. The van der Waals surface area contributed by atoms with Gasteiger partial charge in [-0.2, -0.15) is 0 Å². The Morgan fingerprint density at radius 3 is 2.11 bits per heavy atom. The van der Waals surface area contributed by atoms with Gasteiger partial charge in [0.1, 0.15) is 11.9 Å². The smallest absolute Gasteiger partial charge is 0.193 e. The first-order chi connectivity index (χ1) is 33.2. The van der Waals surface area contributed by atoms with Crippen LogP contribution in [-0.4, -0.2) is 115 Å². The predicted molar refractivity (Wildman–Crippen MR) is 300 cm³/mol. The van der Waals surface area contributed by atoms with E-state index < -0.39 is 16.6 Å². The van der Waals surface area contributed by atoms with Crippen LogP contribution in [0.15, 0.2) is 34.5 Å². The molecule has 6 fully saturated rings. The number of rotatable bonds is 21. The van der Waals surface area contributed by atoms with Crippen molar-refractivity contribution in [2.75, 3.05) is 13.2 Å². The molecule has 71 heavy (non-hydrogen) atoms. The molecule has 0 spiro atoms. The minimum atomic E-state index is -2.24. The Morgan fingerprint density at radius 1 is 0.803 bits per heavy atom. The van der Waals surface area contributed by atoms with Gasteiger partial charge < -0.3 is 42.0 Å². The van der Waals surface area contributed by atoms with E-state index in [0.717, 1.165) is 95.8 Å². The molecular weight excluding hydrogens is 1040 g/mol. The molecule has 408 valence electrons. The number of carbonyl (C=O) groups is 1. The van der Waals surface area contributed by atoms with Gasteiger partial charge in [-0.25, -0.2) is 0 Å². The predicted octanol–water partition coefficient (Wildman–Crippen LogP) is 14.2. The minimum absolute atomic E-state index is 0.0141. The number of hydrogen-bond donors (Lipinski definition) is 0. The van der Waals surface area contributed by atoms with E-state index in [4.69, 9.17) is 42.0 Å². The molecule has 0 aliphatic carbocycles. The summed E-state index contributed by atoms with van der Waals surface area (Å²) in [6.07, 6.45) is 12.9. The molecule has 0 N–H and O–H groups in total. The summed E-state index contributed by atoms with van der Waals surface area (Å²) in [5.74, 6) is 1.54. The Balaban J connectivity index is 1.10. The van der Waals surface area contributed by atoms with Crippen molar-refractivity contribution in [1.29, 1.82) is 0 Å². The van der Waals surface area contributed by atoms with E-state index in [1.165, 1.54) is 5.57 Å². The first kappa shape index (κ1) is 59.9. The third-order valence-electron chi connectivity index (χ3n) is 18.7. The Labute approximate surface area is 448 Å². The van der Waals surface area contributed by atoms with Gasteiger partial charge in [0, 0.05) is 31.6 Å². The van der Waals surface area contributed by atoms with Crippen LogP contribution in [0.1, 0.15) is 166 Å². The van der Waals surface area contributed by atoms with Gasteiger partial charge in [0.05, 0.1) is 80.4 Å². The van der Waals surface area contributed by atoms with Gasteiger partial charge >= 0.3 is 0 Å². The molecule has 0 amide bonds. The Hall–Kier alpha value is -0.306. The van der Waals surface area contributed by atoms with Gasteiger partial charge in [-0.1, -0.05) is 118 Å². The molecule has 13 heteroatoms. The van der Waals surface area contributed by atoms with Gasteiger partial charge in [-0.3, -0.25) is 4.79 Å². The summed E-state index contributed by atoms with van der Waals surface area (Å²) in [5, 5.41) is 0.0573. The zero-order chi connectivity index (χ0) is 52.2. The highest BCUT2D eigenvalue weighted by Crippen LogP contribution is 2.47. The molecule has 0 unspecified atom stereocenters. The van der Waals surface area contributed by atoms with Crippen molar-refractivity contribution >= 4 is 45.0 Å². The second-order valence-electron chi connectivity index (χ2n) is 26.2. The highest BCUT2D eigenvalue weighted by Gasteiger charge is 2.54. The van der Waals surface area contributed by atoms with Crippen molar-refractivity contribution in [3.8, 4) is 0 Å². The van der Waals surface area contributed by atoms with Crippen LogP contribution in [0.25, 0.3) is 0 Å². The van der Waals surface area contributed by atoms with Crippen molar-refractivity contribution in [3.63, 3.8) is 0 Å². The maximum Gasteiger partial charge on any atom is 0.193 e. The lowest BCUT2D eigenvalue weighted by atomic mass is 9.78. The second kappa shape index (κ2) is 25.4. The molecule has 0 aromatic rings. The van der Waals surface area contributed by atoms with E-state index in [1.807, 2.05) is 0 Å². The van der Waals surface area contributed by atoms with Gasteiger partial charge in [0.25, 0.3) is 0 Å². The molecule has 0 aromatic carbocycles. The molecule has 6 aliphatic rings. The lowest BCUT2D eigenvalue weighted by Crippen LogP contribution is -2.64. The van der Waals surface area contributed by atoms with E-state index in [2.05, 4.69) is 148 Å². The summed E-state index contributed by atoms with van der Waals surface area (Å²) in [7, 11) is -4.42. The molecule has 0 bridgehead atoms. The molecule has 6 heterocycles. The fourth-order valence-corrected chi connectivity index (χ4v) is 14.7. The summed E-state index contributed by atoms with van der Waals surface area (Å²) in [4.78, 5) is 14.5. The lowest BCUT2D eigenvalue weighted by Gasteiger charge is -2.54. The highest BCUT2D eigenvalue weighted by molar-refractivity contribution is 14.1. The number of ether oxygens (including phenoxy) is 7. The van der Waals surface area contributed by atoms with Crippen molar-refractivity contribution in [2.45, 2.75) is 282 Å². The largest absolute Gasteiger partial charge is 0.411 e. The third kappa shape index (κ3) is 15.5. The van der Waals surface area contributed by atoms with Crippen LogP contribution in [0.5, 0.6) is 0 Å². The van der Waals surface area contributed by atoms with Crippen LogP contribution in [0.4, 0.5) is 0 Å². The maximum absolute atomic E-state index is 14.5. The zero-order valence-electron chi connectivity index (χ0n) is 47.2. The Morgan fingerprint density at radius 2 is 1.46 bits per heavy atom. The monoisotopic (exact) mass is 1140 g/mol. The molecule has 0 radical (unpaired) electrons. The third-order valence-corrected chi connectivity index (χ3v) is 28.1. The number of fused-ring (bicyclic) bond motifs is 1. The number of carbonyl (C=O) groups excluding carboxylic acids is 1. The molecule has 6 rings (SSSR count). The van der Waals surface area contributed by atoms with Crippen molar-refractivity contribution in [2.24, 2.45) is 29.6 Å². The topological polar surface area (TPSA) is 100 Å². The fraction of sp³-hybridized carbons (Fsp3) is 0.879. The molecule has 0 saturated carbocycles. The number of halogens is 1. The number of hydrogen-bond acceptors (Lipinski definition) is 10. The molecule has 10 nitrogen and oxygen atoms in total. The van der Waals surface area contributed by atoms with Gasteiger partial charge in [0.15, 0.2) is 22.9 Å². The molecule has 0 aromatic heterocycles. The fourth-order valence-electron chi connectivity index (χ4n) is 11.7. The highest BCUT2D eigenvalue weighted by atomic mass is 127. The average Bonchev–Trinajstić information content (AvgIpc) is 3.79. The number of Topliss-reactive ketones (excluding diaryl/α,β-unsaturated/α-hetero) is 1. The molecule has 17 atom stereocenters. The first-order valence-corrected chi connectivity index (χ1v) is 35.3.